The van der Waals surface area contributed by atoms with Crippen molar-refractivity contribution in [2.75, 3.05) is 0 Å². The molecule has 0 aromatic carbocycles. The summed E-state index contributed by atoms with van der Waals surface area (Å²) < 4.78 is 4.41. The SMILES string of the molecule is CC(=O)C(=O)O.N[C@@H](CCC(=O)O)C(=O)O.O=C(O)CC(O)C(=O)O.O=C(O)CCC(=O)OC(CC(=O)O)(CC(=O)O)C(=O)O. The van der Waals surface area contributed by atoms with E-state index in [1.54, 1.807) is 0 Å². The summed E-state index contributed by atoms with van der Waals surface area (Å²) in [4.78, 5) is 112. The van der Waals surface area contributed by atoms with Gasteiger partial charge < -0.3 is 61.5 Å². The average Bonchev–Trinajstić information content (AvgIpc) is 2.85. The van der Waals surface area contributed by atoms with Gasteiger partial charge in [0.25, 0.3) is 0 Å². The molecule has 45 heavy (non-hydrogen) atoms. The Morgan fingerprint density at radius 3 is 1.24 bits per heavy atom. The Hall–Kier alpha value is -5.71. The zero-order valence-electron chi connectivity index (χ0n) is 23.1. The van der Waals surface area contributed by atoms with E-state index in [9.17, 15) is 52.7 Å². The van der Waals surface area contributed by atoms with Gasteiger partial charge in [0, 0.05) is 13.3 Å². The van der Waals surface area contributed by atoms with Gasteiger partial charge >= 0.3 is 59.7 Å². The molecule has 0 spiro atoms. The topological polar surface area (TPSA) is 425 Å². The molecular weight excluding hydrogens is 630 g/mol. The van der Waals surface area contributed by atoms with Crippen LogP contribution in [0.15, 0.2) is 0 Å². The smallest absolute Gasteiger partial charge is 0.371 e. The van der Waals surface area contributed by atoms with Crippen molar-refractivity contribution < 1.29 is 109 Å². The summed E-state index contributed by atoms with van der Waals surface area (Å²) in [5.41, 5.74) is 2.23. The second-order valence-electron chi connectivity index (χ2n) is 8.00. The maximum absolute atomic E-state index is 11.3. The van der Waals surface area contributed by atoms with Crippen LogP contribution in [0.3, 0.4) is 0 Å². The Labute approximate surface area is 250 Å². The molecular formula is C22H31NO22. The number of carbonyl (C=O) groups excluding carboxylic acids is 2. The number of hydrogen-bond donors (Lipinski definition) is 11. The quantitative estimate of drug-likeness (QED) is 0.0546. The van der Waals surface area contributed by atoms with Gasteiger partial charge in [-0.15, -0.1) is 0 Å². The van der Waals surface area contributed by atoms with Crippen LogP contribution >= 0.6 is 0 Å². The van der Waals surface area contributed by atoms with Gasteiger partial charge in [0.15, 0.2) is 6.10 Å². The minimum Gasteiger partial charge on any atom is -0.481 e. The molecule has 2 atom stereocenters. The molecule has 1 unspecified atom stereocenters. The molecule has 0 aliphatic rings. The predicted octanol–water partition coefficient (Wildman–Crippen LogP) is -3.00. The number of carbonyl (C=O) groups is 11. The molecule has 0 heterocycles. The Kier molecular flexibility index (Phi) is 24.5. The lowest BCUT2D eigenvalue weighted by molar-refractivity contribution is -0.186. The van der Waals surface area contributed by atoms with E-state index < -0.39 is 115 Å². The summed E-state index contributed by atoms with van der Waals surface area (Å²) in [6.07, 6.45) is -6.64. The standard InChI is InChI=1S/C10H12O10.C5H9NO4.C4H6O5.C3H4O3/c11-5(12)1-2-8(17)20-10(9(18)19,3-6(13)14)4-7(15)16;6-3(5(9)10)1-2-4(7)8;5-2(4(8)9)1-3(6)7;1-2(4)3(5)6/h1-4H2,(H,11,12)(H,13,14)(H,15,16)(H,18,19);3H,1-2,6H2,(H,7,8)(H,9,10);2,5H,1H2,(H,6,7)(H,8,9);1H3,(H,5,6)/t;3-;;/m.0../s1. The van der Waals surface area contributed by atoms with Gasteiger partial charge in [-0.25, -0.2) is 14.4 Å². The molecule has 0 aliphatic carbocycles. The van der Waals surface area contributed by atoms with Crippen LogP contribution in [0.25, 0.3) is 0 Å². The Morgan fingerprint density at radius 1 is 0.622 bits per heavy atom. The lowest BCUT2D eigenvalue weighted by Crippen LogP contribution is -2.47. The van der Waals surface area contributed by atoms with Crippen LogP contribution in [0.4, 0.5) is 0 Å². The number of Topliss-reactive ketones (excluding diaryl/α,β-unsaturated/α-hetero) is 1. The van der Waals surface area contributed by atoms with E-state index in [1.165, 1.54) is 0 Å². The second-order valence-corrected chi connectivity index (χ2v) is 8.00. The van der Waals surface area contributed by atoms with Gasteiger partial charge in [-0.2, -0.15) is 0 Å². The fourth-order valence-corrected chi connectivity index (χ4v) is 1.95. The minimum absolute atomic E-state index is 0.0231. The molecule has 0 rings (SSSR count). The lowest BCUT2D eigenvalue weighted by atomic mass is 9.95. The molecule has 256 valence electrons. The van der Waals surface area contributed by atoms with E-state index >= 15 is 0 Å². The molecule has 23 nitrogen and oxygen atoms in total. The summed E-state index contributed by atoms with van der Waals surface area (Å²) in [6, 6.07) is -1.06. The van der Waals surface area contributed by atoms with E-state index in [-0.39, 0.29) is 12.8 Å². The molecule has 0 saturated heterocycles. The van der Waals surface area contributed by atoms with E-state index in [4.69, 9.17) is 56.8 Å². The fraction of sp³-hybridized carbons (Fsp3) is 0.500. The second kappa shape index (κ2) is 23.8. The molecule has 0 saturated carbocycles. The van der Waals surface area contributed by atoms with Crippen molar-refractivity contribution >= 4 is 65.5 Å². The highest BCUT2D eigenvalue weighted by Crippen LogP contribution is 2.23. The number of aliphatic hydroxyl groups is 1. The average molecular weight is 661 g/mol. The number of esters is 1. The molecule has 0 aromatic rings. The number of carboxylic acids is 9. The summed E-state index contributed by atoms with van der Waals surface area (Å²) in [5.74, 6) is -15.2. The van der Waals surface area contributed by atoms with Crippen molar-refractivity contribution in [2.45, 2.75) is 69.6 Å². The Bertz CT molecular complexity index is 1080. The Morgan fingerprint density at radius 2 is 1.02 bits per heavy atom. The number of aliphatic hydroxyl groups excluding tert-OH is 1. The van der Waals surface area contributed by atoms with E-state index in [0.717, 1.165) is 6.92 Å². The van der Waals surface area contributed by atoms with Crippen LogP contribution in [0.5, 0.6) is 0 Å². The first-order valence-corrected chi connectivity index (χ1v) is 11.5. The third kappa shape index (κ3) is 29.6. The number of rotatable bonds is 17. The molecule has 0 aliphatic heterocycles. The summed E-state index contributed by atoms with van der Waals surface area (Å²) in [7, 11) is 0. The van der Waals surface area contributed by atoms with Crippen molar-refractivity contribution in [1.82, 2.24) is 0 Å². The molecule has 23 heteroatoms. The summed E-state index contributed by atoms with van der Waals surface area (Å²) in [6.45, 7) is 1.00. The zero-order chi connectivity index (χ0) is 36.7. The van der Waals surface area contributed by atoms with Crippen LogP contribution in [0.2, 0.25) is 0 Å². The molecule has 0 radical (unpaired) electrons. The Balaban J connectivity index is -0.000000280. The van der Waals surface area contributed by atoms with Gasteiger partial charge in [0.1, 0.15) is 6.04 Å². The minimum atomic E-state index is -2.77. The van der Waals surface area contributed by atoms with Crippen LogP contribution in [0, 0.1) is 0 Å². The number of nitrogens with two attached hydrogens (primary N) is 1. The fourth-order valence-electron chi connectivity index (χ4n) is 1.95. The lowest BCUT2D eigenvalue weighted by Gasteiger charge is -2.26. The zero-order valence-corrected chi connectivity index (χ0v) is 23.1. The third-order valence-corrected chi connectivity index (χ3v) is 4.06. The van der Waals surface area contributed by atoms with Crippen LogP contribution in [-0.4, -0.2) is 134 Å². The third-order valence-electron chi connectivity index (χ3n) is 4.06. The van der Waals surface area contributed by atoms with Gasteiger partial charge in [0.05, 0.1) is 32.1 Å². The van der Waals surface area contributed by atoms with E-state index in [0.29, 0.717) is 0 Å². The first-order valence-electron chi connectivity index (χ1n) is 11.5. The monoisotopic (exact) mass is 661 g/mol. The highest BCUT2D eigenvalue weighted by molar-refractivity contribution is 6.31. The number of carboxylic acid groups (broad SMARTS) is 9. The molecule has 0 fully saturated rings. The van der Waals surface area contributed by atoms with Crippen LogP contribution in [-0.2, 0) is 57.5 Å². The van der Waals surface area contributed by atoms with Crippen LogP contribution < -0.4 is 5.73 Å². The van der Waals surface area contributed by atoms with Gasteiger partial charge in [-0.1, -0.05) is 0 Å². The van der Waals surface area contributed by atoms with E-state index in [2.05, 4.69) is 4.74 Å². The number of hydrogen-bond acceptors (Lipinski definition) is 14. The highest BCUT2D eigenvalue weighted by Gasteiger charge is 2.47. The van der Waals surface area contributed by atoms with E-state index in [1.807, 2.05) is 0 Å². The first kappa shape index (κ1) is 46.3. The van der Waals surface area contributed by atoms with Crippen LogP contribution in [0.1, 0.15) is 51.9 Å². The normalized spacial score (nSPS) is 11.0. The molecule has 12 N–H and O–H groups in total. The predicted molar refractivity (Wildman–Crippen MR) is 135 cm³/mol. The van der Waals surface area contributed by atoms with Gasteiger partial charge in [-0.05, 0) is 6.42 Å². The van der Waals surface area contributed by atoms with Gasteiger partial charge in [-0.3, -0.25) is 38.4 Å². The van der Waals surface area contributed by atoms with Crippen molar-refractivity contribution in [3.05, 3.63) is 0 Å². The number of ether oxygens (including phenoxy) is 1. The largest absolute Gasteiger partial charge is 0.481 e. The van der Waals surface area contributed by atoms with Crippen molar-refractivity contribution in [3.8, 4) is 0 Å². The van der Waals surface area contributed by atoms with Crippen molar-refractivity contribution in [2.24, 2.45) is 5.73 Å². The molecule has 0 aromatic heterocycles. The first-order chi connectivity index (χ1) is 20.3. The molecule has 0 amide bonds. The summed E-state index contributed by atoms with van der Waals surface area (Å²) >= 11 is 0. The maximum Gasteiger partial charge on any atom is 0.371 e. The molecule has 0 bridgehead atoms. The van der Waals surface area contributed by atoms with Crippen molar-refractivity contribution in [3.63, 3.8) is 0 Å². The van der Waals surface area contributed by atoms with Crippen molar-refractivity contribution in [1.29, 1.82) is 0 Å². The number of aliphatic carboxylic acids is 9. The summed E-state index contributed by atoms with van der Waals surface area (Å²) in [5, 5.41) is 82.5. The number of ketones is 1. The highest BCUT2D eigenvalue weighted by atomic mass is 16.6. The maximum atomic E-state index is 11.3. The van der Waals surface area contributed by atoms with Gasteiger partial charge in [0.2, 0.25) is 11.4 Å².